The lowest BCUT2D eigenvalue weighted by Gasteiger charge is -2.64. The summed E-state index contributed by atoms with van der Waals surface area (Å²) in [4.78, 5) is 50.7. The maximum Gasteiger partial charge on any atom is 0.335 e. The second kappa shape index (κ2) is 10.5. The molecule has 3 fully saturated rings. The lowest BCUT2D eigenvalue weighted by molar-refractivity contribution is -0.196. The number of benzene rings is 2. The Labute approximate surface area is 263 Å². The van der Waals surface area contributed by atoms with Gasteiger partial charge in [-0.15, -0.1) is 0 Å². The summed E-state index contributed by atoms with van der Waals surface area (Å²) in [6.07, 6.45) is -0.236. The van der Waals surface area contributed by atoms with E-state index in [0.29, 0.717) is 42.1 Å². The van der Waals surface area contributed by atoms with Crippen molar-refractivity contribution in [1.82, 2.24) is 9.80 Å². The number of nitrogens with zero attached hydrogens (tertiary/aromatic N) is 2. The van der Waals surface area contributed by atoms with Crippen LogP contribution in [-0.2, 0) is 21.4 Å². The number of imide groups is 1. The number of aliphatic hydroxyl groups is 3. The van der Waals surface area contributed by atoms with Gasteiger partial charge < -0.3 is 35.4 Å². The van der Waals surface area contributed by atoms with E-state index in [2.05, 4.69) is 4.90 Å². The molecule has 2 saturated carbocycles. The Morgan fingerprint density at radius 2 is 1.70 bits per heavy atom. The first-order valence-corrected chi connectivity index (χ1v) is 15.6. The molecule has 46 heavy (non-hydrogen) atoms. The summed E-state index contributed by atoms with van der Waals surface area (Å²) < 4.78 is 6.58. The molecule has 2 amide bonds. The molecule has 2 aromatic rings. The number of aliphatic carboxylic acids is 2. The molecule has 2 bridgehead atoms. The molecule has 3 heterocycles. The minimum atomic E-state index is -2.27. The normalized spacial score (nSPS) is 31.7. The van der Waals surface area contributed by atoms with Gasteiger partial charge in [-0.25, -0.2) is 9.59 Å². The van der Waals surface area contributed by atoms with Crippen LogP contribution in [0.15, 0.2) is 30.3 Å². The SMILES string of the molecule is Cc1cccc2c1C(=O)N([C@@H]1CC[C@@]3(O)[C@H]4Cc5ccc(O)c6c5[C@@]3(CCN4CC3CC3)[C@@H]1O6)C2=O.O=C(O)C(O)C(O)C(=O)O. The van der Waals surface area contributed by atoms with Crippen LogP contribution in [0.3, 0.4) is 0 Å². The van der Waals surface area contributed by atoms with Gasteiger partial charge in [0.25, 0.3) is 11.8 Å². The minimum Gasteiger partial charge on any atom is -0.504 e. The van der Waals surface area contributed by atoms with Crippen molar-refractivity contribution in [3.63, 3.8) is 0 Å². The molecule has 13 heteroatoms. The zero-order chi connectivity index (χ0) is 32.9. The Kier molecular flexibility index (Phi) is 6.98. The van der Waals surface area contributed by atoms with Crippen LogP contribution in [0.25, 0.3) is 0 Å². The Hall–Kier alpha value is -4.04. The molecule has 1 saturated heterocycles. The maximum absolute atomic E-state index is 13.7. The van der Waals surface area contributed by atoms with Crippen molar-refractivity contribution in [2.45, 2.75) is 86.9 Å². The van der Waals surface area contributed by atoms with Gasteiger partial charge in [-0.05, 0) is 81.2 Å². The van der Waals surface area contributed by atoms with Crippen LogP contribution in [0.4, 0.5) is 0 Å². The number of ether oxygens (including phenoxy) is 1. The first-order valence-electron chi connectivity index (χ1n) is 15.6. The fourth-order valence-electron chi connectivity index (χ4n) is 8.76. The molecular formula is C33H36N2O11. The number of carbonyl (C=O) groups is 4. The van der Waals surface area contributed by atoms with E-state index in [1.54, 1.807) is 12.1 Å². The summed E-state index contributed by atoms with van der Waals surface area (Å²) in [7, 11) is 0. The van der Waals surface area contributed by atoms with E-state index in [1.807, 2.05) is 25.1 Å². The Balaban J connectivity index is 0.000000296. The zero-order valence-corrected chi connectivity index (χ0v) is 25.1. The first-order chi connectivity index (χ1) is 21.8. The number of likely N-dealkylation sites (tertiary alicyclic amines) is 1. The number of rotatable bonds is 6. The molecule has 13 nitrogen and oxygen atoms in total. The standard InChI is InChI=1S/C29H30N2O5.C4H6O6/c1-15-3-2-4-18-22(15)27(34)31(26(18)33)19-9-10-29(35)21-13-17-7-8-20(32)24-23(17)28(29,25(19)36-24)11-12-30(21)14-16-5-6-16;5-1(3(7)8)2(6)4(9)10/h2-4,7-8,16,19,21,25,32,35H,5-6,9-14H2,1H3;1-2,5-6H,(H,7,8)(H,9,10)/t19-,21-,25-,28+,29-;/m1./s1. The first kappa shape index (κ1) is 30.6. The highest BCUT2D eigenvalue weighted by atomic mass is 16.5. The molecule has 6 N–H and O–H groups in total. The number of carboxylic acids is 2. The minimum absolute atomic E-state index is 0.0358. The summed E-state index contributed by atoms with van der Waals surface area (Å²) in [5.74, 6) is -2.88. The molecule has 0 aromatic heterocycles. The molecule has 1 spiro atoms. The number of phenols is 1. The van der Waals surface area contributed by atoms with Gasteiger partial charge >= 0.3 is 11.9 Å². The zero-order valence-electron chi connectivity index (χ0n) is 25.1. The number of aryl methyl sites for hydroxylation is 1. The summed E-state index contributed by atoms with van der Waals surface area (Å²) >= 11 is 0. The van der Waals surface area contributed by atoms with E-state index < -0.39 is 47.3 Å². The van der Waals surface area contributed by atoms with Gasteiger partial charge in [-0.2, -0.15) is 0 Å². The third-order valence-corrected chi connectivity index (χ3v) is 11.0. The summed E-state index contributed by atoms with van der Waals surface area (Å²) in [5.41, 5.74) is 1.93. The van der Waals surface area contributed by atoms with Crippen molar-refractivity contribution in [2.75, 3.05) is 13.1 Å². The van der Waals surface area contributed by atoms with Crippen LogP contribution < -0.4 is 4.74 Å². The highest BCUT2D eigenvalue weighted by molar-refractivity contribution is 6.22. The van der Waals surface area contributed by atoms with Crippen molar-refractivity contribution in [3.8, 4) is 11.5 Å². The number of piperidine rings is 1. The Morgan fingerprint density at radius 3 is 2.33 bits per heavy atom. The van der Waals surface area contributed by atoms with Crippen LogP contribution in [0.2, 0.25) is 0 Å². The van der Waals surface area contributed by atoms with Crippen molar-refractivity contribution in [3.05, 3.63) is 58.1 Å². The van der Waals surface area contributed by atoms with E-state index in [1.165, 1.54) is 17.7 Å². The fraction of sp³-hybridized carbons (Fsp3) is 0.515. The molecule has 8 rings (SSSR count). The molecule has 6 aliphatic rings. The maximum atomic E-state index is 13.7. The molecule has 2 unspecified atom stereocenters. The predicted molar refractivity (Wildman–Crippen MR) is 158 cm³/mol. The lowest BCUT2D eigenvalue weighted by Crippen LogP contribution is -2.78. The fourth-order valence-corrected chi connectivity index (χ4v) is 8.76. The van der Waals surface area contributed by atoms with Gasteiger partial charge in [0.05, 0.1) is 28.2 Å². The molecule has 3 aliphatic heterocycles. The Morgan fingerprint density at radius 1 is 1.00 bits per heavy atom. The number of aromatic hydroxyl groups is 1. The van der Waals surface area contributed by atoms with Crippen LogP contribution in [0, 0.1) is 12.8 Å². The Bertz CT molecular complexity index is 1650. The van der Waals surface area contributed by atoms with Gasteiger partial charge in [0.15, 0.2) is 23.7 Å². The average Bonchev–Trinajstić information content (AvgIpc) is 3.70. The summed E-state index contributed by atoms with van der Waals surface area (Å²) in [6.45, 7) is 3.71. The van der Waals surface area contributed by atoms with E-state index in [9.17, 15) is 29.4 Å². The molecule has 0 radical (unpaired) electrons. The predicted octanol–water partition coefficient (Wildman–Crippen LogP) is 0.807. The van der Waals surface area contributed by atoms with Gasteiger partial charge in [-0.3, -0.25) is 19.4 Å². The number of carboxylic acid groups (broad SMARTS) is 2. The van der Waals surface area contributed by atoms with Crippen molar-refractivity contribution in [1.29, 1.82) is 0 Å². The monoisotopic (exact) mass is 636 g/mol. The number of phenolic OH excluding ortho intramolecular Hbond substituents is 1. The highest BCUT2D eigenvalue weighted by Gasteiger charge is 2.74. The van der Waals surface area contributed by atoms with Gasteiger partial charge in [0.1, 0.15) is 6.10 Å². The smallest absolute Gasteiger partial charge is 0.335 e. The van der Waals surface area contributed by atoms with Crippen molar-refractivity contribution < 1.29 is 54.6 Å². The molecule has 244 valence electrons. The van der Waals surface area contributed by atoms with E-state index in [0.717, 1.165) is 36.2 Å². The number of aliphatic hydroxyl groups excluding tert-OH is 2. The summed E-state index contributed by atoms with van der Waals surface area (Å²) in [5, 5.41) is 56.0. The third-order valence-electron chi connectivity index (χ3n) is 11.0. The van der Waals surface area contributed by atoms with E-state index in [-0.39, 0.29) is 23.6 Å². The largest absolute Gasteiger partial charge is 0.504 e. The lowest BCUT2D eigenvalue weighted by atomic mass is 9.48. The third kappa shape index (κ3) is 4.15. The van der Waals surface area contributed by atoms with Crippen LogP contribution >= 0.6 is 0 Å². The number of fused-ring (bicyclic) bond motifs is 1. The summed E-state index contributed by atoms with van der Waals surface area (Å²) in [6, 6.07) is 8.52. The van der Waals surface area contributed by atoms with Gasteiger partial charge in [-0.1, -0.05) is 18.2 Å². The highest BCUT2D eigenvalue weighted by Crippen LogP contribution is 2.66. The second-order valence-electron chi connectivity index (χ2n) is 13.4. The number of hydrogen-bond donors (Lipinski definition) is 6. The van der Waals surface area contributed by atoms with Gasteiger partial charge in [0, 0.05) is 18.2 Å². The molecular weight excluding hydrogens is 600 g/mol. The average molecular weight is 637 g/mol. The quantitative estimate of drug-likeness (QED) is 0.244. The van der Waals surface area contributed by atoms with Gasteiger partial charge in [0.2, 0.25) is 0 Å². The van der Waals surface area contributed by atoms with Crippen molar-refractivity contribution >= 4 is 23.8 Å². The van der Waals surface area contributed by atoms with Crippen LogP contribution in [0.5, 0.6) is 11.5 Å². The van der Waals surface area contributed by atoms with Crippen LogP contribution in [0.1, 0.15) is 69.5 Å². The van der Waals surface area contributed by atoms with E-state index in [4.69, 9.17) is 25.2 Å². The van der Waals surface area contributed by atoms with Crippen molar-refractivity contribution in [2.24, 2.45) is 5.92 Å². The number of carbonyl (C=O) groups excluding carboxylic acids is 2. The number of hydrogen-bond acceptors (Lipinski definition) is 10. The molecule has 3 aliphatic carbocycles. The van der Waals surface area contributed by atoms with E-state index >= 15 is 0 Å². The molecule has 2 aromatic carbocycles. The topological polar surface area (TPSA) is 205 Å². The number of amides is 2. The molecule has 7 atom stereocenters. The van der Waals surface area contributed by atoms with Crippen LogP contribution in [-0.4, -0.2) is 113 Å². The second-order valence-corrected chi connectivity index (χ2v) is 13.4.